The van der Waals surface area contributed by atoms with Gasteiger partial charge in [0.15, 0.2) is 5.58 Å². The van der Waals surface area contributed by atoms with Crippen molar-refractivity contribution in [2.75, 3.05) is 12.8 Å². The van der Waals surface area contributed by atoms with Gasteiger partial charge in [-0.1, -0.05) is 19.4 Å². The fourth-order valence-corrected chi connectivity index (χ4v) is 2.09. The molecule has 0 radical (unpaired) electrons. The summed E-state index contributed by atoms with van der Waals surface area (Å²) in [5, 5.41) is 0. The minimum absolute atomic E-state index is 0.530. The molecule has 0 spiro atoms. The van der Waals surface area contributed by atoms with Crippen molar-refractivity contribution in [2.45, 2.75) is 39.3 Å². The van der Waals surface area contributed by atoms with Crippen molar-refractivity contribution in [2.24, 2.45) is 0 Å². The molecule has 0 fully saturated rings. The highest BCUT2D eigenvalue weighted by atomic mass is 16.3. The molecule has 1 heterocycles. The number of para-hydroxylation sites is 1. The van der Waals surface area contributed by atoms with Gasteiger partial charge in [-0.3, -0.25) is 4.90 Å². The van der Waals surface area contributed by atoms with E-state index in [-0.39, 0.29) is 0 Å². The van der Waals surface area contributed by atoms with Crippen molar-refractivity contribution in [3.05, 3.63) is 24.1 Å². The molecule has 0 aliphatic rings. The molecule has 2 aromatic rings. The zero-order chi connectivity index (χ0) is 13.1. The molecule has 1 aromatic heterocycles. The number of benzene rings is 1. The molecule has 0 aliphatic carbocycles. The molecule has 4 nitrogen and oxygen atoms in total. The fourth-order valence-electron chi connectivity index (χ4n) is 2.09. The Morgan fingerprint density at radius 1 is 1.44 bits per heavy atom. The quantitative estimate of drug-likeness (QED) is 0.825. The van der Waals surface area contributed by atoms with E-state index in [1.165, 1.54) is 12.8 Å². The Bertz CT molecular complexity index is 521. The van der Waals surface area contributed by atoms with E-state index in [9.17, 15) is 0 Å². The summed E-state index contributed by atoms with van der Waals surface area (Å²) in [4.78, 5) is 6.72. The number of oxazole rings is 1. The summed E-state index contributed by atoms with van der Waals surface area (Å²) in [6.07, 6.45) is 2.37. The number of anilines is 1. The number of nitrogen functional groups attached to an aromatic ring is 1. The third kappa shape index (κ3) is 2.64. The maximum atomic E-state index is 5.87. The average molecular weight is 247 g/mol. The van der Waals surface area contributed by atoms with E-state index in [1.54, 1.807) is 0 Å². The van der Waals surface area contributed by atoms with Crippen molar-refractivity contribution in [3.8, 4) is 0 Å². The normalized spacial score (nSPS) is 13.3. The van der Waals surface area contributed by atoms with Gasteiger partial charge in [0.1, 0.15) is 5.52 Å². The molecule has 0 aliphatic heterocycles. The molecule has 0 saturated heterocycles. The highest BCUT2D eigenvalue weighted by Crippen LogP contribution is 2.22. The van der Waals surface area contributed by atoms with Gasteiger partial charge in [0.25, 0.3) is 0 Å². The van der Waals surface area contributed by atoms with Crippen LogP contribution in [0.25, 0.3) is 11.1 Å². The summed E-state index contributed by atoms with van der Waals surface area (Å²) in [6, 6.07) is 6.16. The second-order valence-electron chi connectivity index (χ2n) is 4.85. The standard InChI is InChI=1S/C14H21N3O/c1-4-6-10(2)17(3)9-13-16-14-11(15)7-5-8-12(14)18-13/h5,7-8,10H,4,6,9,15H2,1-3H3. The summed E-state index contributed by atoms with van der Waals surface area (Å²) < 4.78 is 5.72. The van der Waals surface area contributed by atoms with Crippen LogP contribution < -0.4 is 5.73 Å². The van der Waals surface area contributed by atoms with Crippen LogP contribution in [0, 0.1) is 0 Å². The van der Waals surface area contributed by atoms with E-state index in [0.717, 1.165) is 23.5 Å². The van der Waals surface area contributed by atoms with Gasteiger partial charge < -0.3 is 10.2 Å². The molecular weight excluding hydrogens is 226 g/mol. The van der Waals surface area contributed by atoms with E-state index in [2.05, 4.69) is 30.8 Å². The van der Waals surface area contributed by atoms with E-state index in [4.69, 9.17) is 10.2 Å². The first-order valence-corrected chi connectivity index (χ1v) is 6.46. The van der Waals surface area contributed by atoms with E-state index >= 15 is 0 Å². The monoisotopic (exact) mass is 247 g/mol. The van der Waals surface area contributed by atoms with Crippen LogP contribution in [0.5, 0.6) is 0 Å². The lowest BCUT2D eigenvalue weighted by molar-refractivity contribution is 0.217. The average Bonchev–Trinajstić information content (AvgIpc) is 2.73. The van der Waals surface area contributed by atoms with E-state index in [1.807, 2.05) is 18.2 Å². The third-order valence-electron chi connectivity index (χ3n) is 3.34. The minimum Gasteiger partial charge on any atom is -0.439 e. The van der Waals surface area contributed by atoms with E-state index in [0.29, 0.717) is 11.7 Å². The summed E-state index contributed by atoms with van der Waals surface area (Å²) in [6.45, 7) is 5.14. The lowest BCUT2D eigenvalue weighted by Crippen LogP contribution is -2.28. The van der Waals surface area contributed by atoms with Crippen molar-refractivity contribution < 1.29 is 4.42 Å². The van der Waals surface area contributed by atoms with Gasteiger partial charge in [-0.25, -0.2) is 4.98 Å². The Morgan fingerprint density at radius 2 is 2.22 bits per heavy atom. The second-order valence-corrected chi connectivity index (χ2v) is 4.85. The molecule has 1 atom stereocenters. The number of hydrogen-bond acceptors (Lipinski definition) is 4. The number of hydrogen-bond donors (Lipinski definition) is 1. The van der Waals surface area contributed by atoms with Gasteiger partial charge >= 0.3 is 0 Å². The first-order valence-electron chi connectivity index (χ1n) is 6.46. The smallest absolute Gasteiger partial charge is 0.209 e. The Kier molecular flexibility index (Phi) is 3.87. The van der Waals surface area contributed by atoms with Crippen LogP contribution in [0.4, 0.5) is 5.69 Å². The van der Waals surface area contributed by atoms with Gasteiger partial charge in [0, 0.05) is 6.04 Å². The molecular formula is C14H21N3O. The van der Waals surface area contributed by atoms with Crippen LogP contribution in [0.3, 0.4) is 0 Å². The van der Waals surface area contributed by atoms with Crippen molar-refractivity contribution in [1.82, 2.24) is 9.88 Å². The maximum Gasteiger partial charge on any atom is 0.209 e. The number of rotatable bonds is 5. The summed E-state index contributed by atoms with van der Waals surface area (Å²) in [5.41, 5.74) is 8.08. The number of fused-ring (bicyclic) bond motifs is 1. The summed E-state index contributed by atoms with van der Waals surface area (Å²) >= 11 is 0. The Hall–Kier alpha value is -1.55. The van der Waals surface area contributed by atoms with Crippen LogP contribution in [0.1, 0.15) is 32.6 Å². The van der Waals surface area contributed by atoms with Gasteiger partial charge in [-0.2, -0.15) is 0 Å². The topological polar surface area (TPSA) is 55.3 Å². The molecule has 18 heavy (non-hydrogen) atoms. The van der Waals surface area contributed by atoms with Crippen molar-refractivity contribution >= 4 is 16.8 Å². The number of aromatic nitrogens is 1. The zero-order valence-corrected chi connectivity index (χ0v) is 11.3. The number of nitrogens with zero attached hydrogens (tertiary/aromatic N) is 2. The lowest BCUT2D eigenvalue weighted by atomic mass is 10.2. The first-order chi connectivity index (χ1) is 8.61. The van der Waals surface area contributed by atoms with Crippen LogP contribution in [0.15, 0.2) is 22.6 Å². The van der Waals surface area contributed by atoms with Gasteiger partial charge in [-0.05, 0) is 32.5 Å². The summed E-state index contributed by atoms with van der Waals surface area (Å²) in [5.74, 6) is 0.730. The van der Waals surface area contributed by atoms with Gasteiger partial charge in [0.2, 0.25) is 5.89 Å². The van der Waals surface area contributed by atoms with Crippen LogP contribution in [0.2, 0.25) is 0 Å². The minimum atomic E-state index is 0.530. The molecule has 1 aromatic carbocycles. The molecule has 2 rings (SSSR count). The van der Waals surface area contributed by atoms with Crippen molar-refractivity contribution in [1.29, 1.82) is 0 Å². The van der Waals surface area contributed by atoms with Gasteiger partial charge in [0.05, 0.1) is 12.2 Å². The summed E-state index contributed by atoms with van der Waals surface area (Å²) in [7, 11) is 2.10. The maximum absolute atomic E-state index is 5.87. The first kappa shape index (κ1) is 12.9. The lowest BCUT2D eigenvalue weighted by Gasteiger charge is -2.22. The second kappa shape index (κ2) is 5.40. The SMILES string of the molecule is CCCC(C)N(C)Cc1nc2c(N)cccc2o1. The third-order valence-corrected chi connectivity index (χ3v) is 3.34. The van der Waals surface area contributed by atoms with Gasteiger partial charge in [-0.15, -0.1) is 0 Å². The molecule has 4 heteroatoms. The van der Waals surface area contributed by atoms with Crippen LogP contribution in [-0.4, -0.2) is 23.0 Å². The molecule has 1 unspecified atom stereocenters. The zero-order valence-electron chi connectivity index (χ0n) is 11.3. The number of nitrogens with two attached hydrogens (primary N) is 1. The molecule has 0 bridgehead atoms. The highest BCUT2D eigenvalue weighted by Gasteiger charge is 2.13. The molecule has 2 N–H and O–H groups in total. The Morgan fingerprint density at radius 3 is 2.89 bits per heavy atom. The van der Waals surface area contributed by atoms with Crippen LogP contribution >= 0.6 is 0 Å². The predicted octanol–water partition coefficient (Wildman–Crippen LogP) is 3.03. The predicted molar refractivity (Wildman–Crippen MR) is 74.3 cm³/mol. The van der Waals surface area contributed by atoms with Crippen LogP contribution in [-0.2, 0) is 6.54 Å². The molecule has 0 saturated carbocycles. The highest BCUT2D eigenvalue weighted by molar-refractivity contribution is 5.85. The van der Waals surface area contributed by atoms with E-state index < -0.39 is 0 Å². The molecule has 98 valence electrons. The Balaban J connectivity index is 2.15. The Labute approximate surface area is 108 Å². The molecule has 0 amide bonds. The fraction of sp³-hybridized carbons (Fsp3) is 0.500. The van der Waals surface area contributed by atoms with Crippen molar-refractivity contribution in [3.63, 3.8) is 0 Å². The largest absolute Gasteiger partial charge is 0.439 e.